The Labute approximate surface area is 121 Å². The van der Waals surface area contributed by atoms with Gasteiger partial charge < -0.3 is 20.5 Å². The topological polar surface area (TPSA) is 58.7 Å². The van der Waals surface area contributed by atoms with Crippen molar-refractivity contribution in [1.82, 2.24) is 4.90 Å². The number of likely N-dealkylation sites (tertiary alicyclic amines) is 1. The second-order valence-corrected chi connectivity index (χ2v) is 5.86. The number of methoxy groups -OCH3 is 1. The molecule has 1 aromatic rings. The van der Waals surface area contributed by atoms with E-state index in [1.165, 1.54) is 0 Å². The highest BCUT2D eigenvalue weighted by Crippen LogP contribution is 2.23. The number of piperidine rings is 1. The number of nitrogens with two attached hydrogens (primary N) is 1. The molecule has 112 valence electrons. The van der Waals surface area contributed by atoms with Crippen molar-refractivity contribution < 1.29 is 9.84 Å². The van der Waals surface area contributed by atoms with Crippen molar-refractivity contribution >= 4 is 0 Å². The second kappa shape index (κ2) is 7.18. The third-order valence-electron chi connectivity index (χ3n) is 4.25. The molecule has 20 heavy (non-hydrogen) atoms. The zero-order chi connectivity index (χ0) is 14.4. The number of ether oxygens (including phenoxy) is 1. The summed E-state index contributed by atoms with van der Waals surface area (Å²) in [5.74, 6) is 0.661. The molecule has 2 rings (SSSR count). The van der Waals surface area contributed by atoms with Gasteiger partial charge in [-0.25, -0.2) is 0 Å². The maximum absolute atomic E-state index is 9.73. The number of benzene rings is 1. The van der Waals surface area contributed by atoms with Gasteiger partial charge in [-0.1, -0.05) is 30.3 Å². The Bertz CT molecular complexity index is 391. The van der Waals surface area contributed by atoms with E-state index in [9.17, 15) is 5.11 Å². The number of aliphatic hydroxyl groups excluding tert-OH is 1. The quantitative estimate of drug-likeness (QED) is 0.821. The summed E-state index contributed by atoms with van der Waals surface area (Å²) in [5, 5.41) is 9.73. The summed E-state index contributed by atoms with van der Waals surface area (Å²) in [6.07, 6.45) is 2.29. The minimum atomic E-state index is -0.671. The van der Waals surface area contributed by atoms with E-state index in [4.69, 9.17) is 10.5 Å². The second-order valence-electron chi connectivity index (χ2n) is 5.86. The van der Waals surface area contributed by atoms with Crippen molar-refractivity contribution in [2.45, 2.75) is 18.4 Å². The predicted octanol–water partition coefficient (Wildman–Crippen LogP) is 1.19. The molecule has 0 aliphatic carbocycles. The molecule has 0 aromatic heterocycles. The van der Waals surface area contributed by atoms with Gasteiger partial charge in [0.1, 0.15) is 0 Å². The molecule has 1 aliphatic heterocycles. The summed E-state index contributed by atoms with van der Waals surface area (Å²) in [7, 11) is 1.76. The first-order valence-electron chi connectivity index (χ1n) is 7.34. The highest BCUT2D eigenvalue weighted by Gasteiger charge is 2.31. The van der Waals surface area contributed by atoms with Gasteiger partial charge in [-0.3, -0.25) is 0 Å². The Morgan fingerprint density at radius 2 is 1.95 bits per heavy atom. The van der Waals surface area contributed by atoms with Crippen LogP contribution in [0.3, 0.4) is 0 Å². The molecule has 1 fully saturated rings. The van der Waals surface area contributed by atoms with Crippen LogP contribution in [-0.2, 0) is 10.3 Å². The summed E-state index contributed by atoms with van der Waals surface area (Å²) in [5.41, 5.74) is 6.76. The van der Waals surface area contributed by atoms with Crippen molar-refractivity contribution in [2.75, 3.05) is 40.0 Å². The number of hydrogen-bond donors (Lipinski definition) is 2. The molecule has 1 unspecified atom stereocenters. The predicted molar refractivity (Wildman–Crippen MR) is 80.4 cm³/mol. The van der Waals surface area contributed by atoms with Crippen molar-refractivity contribution in [3.05, 3.63) is 35.9 Å². The van der Waals surface area contributed by atoms with Crippen LogP contribution in [0, 0.1) is 5.92 Å². The zero-order valence-corrected chi connectivity index (χ0v) is 12.3. The Kier molecular flexibility index (Phi) is 5.54. The molecule has 0 radical (unpaired) electrons. The van der Waals surface area contributed by atoms with Gasteiger partial charge in [-0.2, -0.15) is 0 Å². The molecule has 3 N–H and O–H groups in total. The number of hydrogen-bond acceptors (Lipinski definition) is 4. The van der Waals surface area contributed by atoms with Crippen molar-refractivity contribution in [3.8, 4) is 0 Å². The highest BCUT2D eigenvalue weighted by atomic mass is 16.5. The van der Waals surface area contributed by atoms with Crippen molar-refractivity contribution in [2.24, 2.45) is 11.7 Å². The SMILES string of the molecule is COCC1CCN(CC(N)(CO)c2ccccc2)CC1. The maximum atomic E-state index is 9.73. The van der Waals surface area contributed by atoms with Crippen LogP contribution in [0.15, 0.2) is 30.3 Å². The molecule has 0 spiro atoms. The molecule has 4 nitrogen and oxygen atoms in total. The molecular formula is C16H26N2O2. The van der Waals surface area contributed by atoms with Gasteiger partial charge in [0.25, 0.3) is 0 Å². The van der Waals surface area contributed by atoms with Gasteiger partial charge in [0.2, 0.25) is 0 Å². The number of nitrogens with zero attached hydrogens (tertiary/aromatic N) is 1. The van der Waals surface area contributed by atoms with E-state index >= 15 is 0 Å². The smallest absolute Gasteiger partial charge is 0.0772 e. The summed E-state index contributed by atoms with van der Waals surface area (Å²) < 4.78 is 5.22. The first-order valence-corrected chi connectivity index (χ1v) is 7.34. The van der Waals surface area contributed by atoms with Gasteiger partial charge in [0.15, 0.2) is 0 Å². The van der Waals surface area contributed by atoms with Gasteiger partial charge in [-0.05, 0) is 37.4 Å². The maximum Gasteiger partial charge on any atom is 0.0772 e. The molecule has 1 heterocycles. The van der Waals surface area contributed by atoms with Crippen LogP contribution in [0.1, 0.15) is 18.4 Å². The third kappa shape index (κ3) is 3.79. The van der Waals surface area contributed by atoms with Crippen LogP contribution in [0.2, 0.25) is 0 Å². The minimum absolute atomic E-state index is 0.0327. The van der Waals surface area contributed by atoms with Crippen LogP contribution >= 0.6 is 0 Å². The van der Waals surface area contributed by atoms with E-state index in [2.05, 4.69) is 4.90 Å². The molecule has 4 heteroatoms. The Morgan fingerprint density at radius 1 is 1.30 bits per heavy atom. The van der Waals surface area contributed by atoms with E-state index in [1.54, 1.807) is 7.11 Å². The fourth-order valence-corrected chi connectivity index (χ4v) is 2.95. The van der Waals surface area contributed by atoms with Crippen molar-refractivity contribution in [3.63, 3.8) is 0 Å². The minimum Gasteiger partial charge on any atom is -0.394 e. The molecular weight excluding hydrogens is 252 g/mol. The lowest BCUT2D eigenvalue weighted by Gasteiger charge is -2.38. The van der Waals surface area contributed by atoms with Crippen LogP contribution in [0.4, 0.5) is 0 Å². The zero-order valence-electron chi connectivity index (χ0n) is 12.3. The third-order valence-corrected chi connectivity index (χ3v) is 4.25. The van der Waals surface area contributed by atoms with Gasteiger partial charge >= 0.3 is 0 Å². The Balaban J connectivity index is 1.94. The monoisotopic (exact) mass is 278 g/mol. The lowest BCUT2D eigenvalue weighted by molar-refractivity contribution is 0.0757. The first kappa shape index (κ1) is 15.4. The average molecular weight is 278 g/mol. The lowest BCUT2D eigenvalue weighted by Crippen LogP contribution is -2.52. The van der Waals surface area contributed by atoms with E-state index in [-0.39, 0.29) is 6.61 Å². The summed E-state index contributed by atoms with van der Waals surface area (Å²) >= 11 is 0. The molecule has 0 amide bonds. The standard InChI is InChI=1S/C16H26N2O2/c1-20-11-14-7-9-18(10-8-14)12-16(17,13-19)15-5-3-2-4-6-15/h2-6,14,19H,7-13,17H2,1H3. The number of rotatable bonds is 6. The first-order chi connectivity index (χ1) is 9.68. The number of aliphatic hydroxyl groups is 1. The Morgan fingerprint density at radius 3 is 2.50 bits per heavy atom. The molecule has 0 bridgehead atoms. The summed E-state index contributed by atoms with van der Waals surface area (Å²) in [6, 6.07) is 9.90. The van der Waals surface area contributed by atoms with Crippen LogP contribution in [-0.4, -0.2) is 50.0 Å². The fourth-order valence-electron chi connectivity index (χ4n) is 2.95. The molecule has 1 aromatic carbocycles. The normalized spacial score (nSPS) is 20.8. The van der Waals surface area contributed by atoms with Crippen LogP contribution < -0.4 is 5.73 Å². The molecule has 1 atom stereocenters. The molecule has 1 saturated heterocycles. The molecule has 1 aliphatic rings. The van der Waals surface area contributed by atoms with Crippen LogP contribution in [0.25, 0.3) is 0 Å². The van der Waals surface area contributed by atoms with Gasteiger partial charge in [0.05, 0.1) is 12.1 Å². The van der Waals surface area contributed by atoms with Crippen molar-refractivity contribution in [1.29, 1.82) is 0 Å². The van der Waals surface area contributed by atoms with E-state index in [1.807, 2.05) is 30.3 Å². The average Bonchev–Trinajstić information content (AvgIpc) is 2.50. The lowest BCUT2D eigenvalue weighted by atomic mass is 9.89. The van der Waals surface area contributed by atoms with Gasteiger partial charge in [0, 0.05) is 20.3 Å². The Hall–Kier alpha value is -0.940. The fraction of sp³-hybridized carbons (Fsp3) is 0.625. The largest absolute Gasteiger partial charge is 0.394 e. The summed E-state index contributed by atoms with van der Waals surface area (Å²) in [4.78, 5) is 2.36. The van der Waals surface area contributed by atoms with Gasteiger partial charge in [-0.15, -0.1) is 0 Å². The van der Waals surface area contributed by atoms with E-state index in [0.717, 1.165) is 38.1 Å². The molecule has 0 saturated carbocycles. The van der Waals surface area contributed by atoms with E-state index in [0.29, 0.717) is 12.5 Å². The highest BCUT2D eigenvalue weighted by molar-refractivity contribution is 5.24. The van der Waals surface area contributed by atoms with Crippen LogP contribution in [0.5, 0.6) is 0 Å². The summed E-state index contributed by atoms with van der Waals surface area (Å²) in [6.45, 7) is 3.57. The van der Waals surface area contributed by atoms with E-state index < -0.39 is 5.54 Å².